The van der Waals surface area contributed by atoms with E-state index in [9.17, 15) is 5.48 Å². The van der Waals surface area contributed by atoms with E-state index in [0.29, 0.717) is 33.4 Å². The number of imidazole rings is 1. The van der Waals surface area contributed by atoms with Crippen molar-refractivity contribution in [3.63, 3.8) is 0 Å². The van der Waals surface area contributed by atoms with Gasteiger partial charge in [0.2, 0.25) is 0 Å². The zero-order chi connectivity index (χ0) is 48.3. The highest BCUT2D eigenvalue weighted by Crippen LogP contribution is 2.44. The first-order chi connectivity index (χ1) is 31.6. The van der Waals surface area contributed by atoms with Gasteiger partial charge in [0, 0.05) is 18.9 Å². The van der Waals surface area contributed by atoms with E-state index < -0.39 is 91.8 Å². The summed E-state index contributed by atoms with van der Waals surface area (Å²) in [7, 11) is 0. The second-order valence-corrected chi connectivity index (χ2v) is 11.3. The molecule has 0 saturated carbocycles. The van der Waals surface area contributed by atoms with Crippen molar-refractivity contribution in [3.8, 4) is 50.2 Å². The third kappa shape index (κ3) is 5.01. The van der Waals surface area contributed by atoms with E-state index in [1.807, 2.05) is 0 Å². The van der Waals surface area contributed by atoms with Crippen molar-refractivity contribution in [2.45, 2.75) is 13.2 Å². The number of para-hydroxylation sites is 2. The van der Waals surface area contributed by atoms with Crippen LogP contribution in [0.15, 0.2) is 176 Å². The highest BCUT2D eigenvalue weighted by Gasteiger charge is 2.17. The molecule has 0 saturated heterocycles. The average molecular weight is 645 g/mol. The number of fused-ring (bicyclic) bond motifs is 3. The molecule has 9 rings (SSSR count). The molecule has 0 radical (unpaired) electrons. The second-order valence-electron chi connectivity index (χ2n) is 11.3. The average Bonchev–Trinajstić information content (AvgIpc) is 3.72. The lowest BCUT2D eigenvalue weighted by molar-refractivity contribution is 0.908. The number of nitrogens with zero attached hydrogens (tertiary/aromatic N) is 2. The van der Waals surface area contributed by atoms with Gasteiger partial charge in [-0.1, -0.05) is 152 Å². The molecule has 232 valence electrons. The summed E-state index contributed by atoms with van der Waals surface area (Å²) >= 11 is 0. The van der Waals surface area contributed by atoms with Crippen LogP contribution in [0.1, 0.15) is 37.3 Å². The van der Waals surface area contributed by atoms with Crippen molar-refractivity contribution in [2.24, 2.45) is 0 Å². The van der Waals surface area contributed by atoms with Gasteiger partial charge < -0.3 is 0 Å². The molecule has 0 fully saturated rings. The highest BCUT2D eigenvalue weighted by molar-refractivity contribution is 6.21. The highest BCUT2D eigenvalue weighted by atomic mass is 15.1. The molecule has 8 aromatic carbocycles. The summed E-state index contributed by atoms with van der Waals surface area (Å²) in [5.41, 5.74) is 3.22. The van der Waals surface area contributed by atoms with Crippen LogP contribution >= 0.6 is 0 Å². The van der Waals surface area contributed by atoms with Crippen molar-refractivity contribution < 1.29 is 24.7 Å². The first-order valence-electron chi connectivity index (χ1n) is 24.4. The van der Waals surface area contributed by atoms with Gasteiger partial charge in [-0.05, 0) is 96.4 Å². The van der Waals surface area contributed by atoms with Crippen molar-refractivity contribution in [1.29, 1.82) is 0 Å². The Kier molecular flexibility index (Phi) is 3.89. The molecule has 1 aromatic heterocycles. The molecule has 0 unspecified atom stereocenters. The van der Waals surface area contributed by atoms with Crippen molar-refractivity contribution in [1.82, 2.24) is 9.55 Å². The lowest BCUT2D eigenvalue weighted by Gasteiger charge is -2.18. The Morgan fingerprint density at radius 1 is 0.531 bits per heavy atom. The summed E-state index contributed by atoms with van der Waals surface area (Å²) in [6.45, 7) is -3.07. The number of hydrogen-bond acceptors (Lipinski definition) is 1. The number of aryl methyl sites for hydroxylation is 1. The largest absolute Gasteiger partial charge is 0.296 e. The standard InChI is InChI=1S/C47H34N2/c1-2-45-48-43-24-10-11-25-44(43)49(45)38-19-13-17-36(31-38)35-16-12-18-37(30-35)47-41-22-8-6-20-39(41)46(40-21-7-9-23-42(40)47)34-28-26-33(27-29-34)32-14-4-3-5-15-32/h3-31H,2H2,1H3/i1D3,2D2,3D,4D,5D,6D,7D,8D,9D,14D,15D,20D,21D,22D,23D. The Labute approximate surface area is 311 Å². The van der Waals surface area contributed by atoms with Crippen LogP contribution in [0.2, 0.25) is 0 Å². The molecule has 0 N–H and O–H groups in total. The van der Waals surface area contributed by atoms with Crippen LogP contribution in [0.25, 0.3) is 82.8 Å². The molecule has 0 bridgehead atoms. The van der Waals surface area contributed by atoms with Crippen LogP contribution in [0.4, 0.5) is 0 Å². The fourth-order valence-corrected chi connectivity index (χ4v) is 6.45. The van der Waals surface area contributed by atoms with Crippen LogP contribution in [0.5, 0.6) is 0 Å². The smallest absolute Gasteiger partial charge is 0.114 e. The Morgan fingerprint density at radius 2 is 1.10 bits per heavy atom. The Bertz CT molecular complexity index is 3470. The monoisotopic (exact) mass is 644 g/mol. The summed E-state index contributed by atoms with van der Waals surface area (Å²) in [6, 6.07) is 19.7. The van der Waals surface area contributed by atoms with Crippen molar-refractivity contribution in [3.05, 3.63) is 181 Å². The normalized spacial score (nSPS) is 17.2. The van der Waals surface area contributed by atoms with E-state index in [1.54, 1.807) is 72.8 Å². The molecular formula is C47H34N2. The summed E-state index contributed by atoms with van der Waals surface area (Å²) in [6.07, 6.45) is -2.86. The number of hydrogen-bond donors (Lipinski definition) is 0. The summed E-state index contributed by atoms with van der Waals surface area (Å²) in [5, 5.41) is -0.185. The lowest BCUT2D eigenvalue weighted by Crippen LogP contribution is -2.00. The maximum atomic E-state index is 9.37. The first-order valence-corrected chi connectivity index (χ1v) is 15.4. The van der Waals surface area contributed by atoms with Crippen LogP contribution < -0.4 is 0 Å². The van der Waals surface area contributed by atoms with Crippen molar-refractivity contribution >= 4 is 32.6 Å². The fraction of sp³-hybridized carbons (Fsp3) is 0.0426. The summed E-state index contributed by atoms with van der Waals surface area (Å²) in [4.78, 5) is 4.43. The number of aromatic nitrogens is 2. The summed E-state index contributed by atoms with van der Waals surface area (Å²) < 4.78 is 157. The van der Waals surface area contributed by atoms with Gasteiger partial charge in [0.15, 0.2) is 0 Å². The van der Waals surface area contributed by atoms with Gasteiger partial charge in [0.25, 0.3) is 0 Å². The van der Waals surface area contributed by atoms with E-state index in [-0.39, 0.29) is 55.2 Å². The number of benzene rings is 8. The first kappa shape index (κ1) is 15.8. The molecule has 0 aliphatic rings. The quantitative estimate of drug-likeness (QED) is 0.165. The molecule has 1 heterocycles. The van der Waals surface area contributed by atoms with Gasteiger partial charge in [0.05, 0.1) is 28.9 Å². The predicted octanol–water partition coefficient (Wildman–Crippen LogP) is 12.6. The molecule has 49 heavy (non-hydrogen) atoms. The molecule has 0 atom stereocenters. The molecule has 9 aromatic rings. The van der Waals surface area contributed by atoms with E-state index in [2.05, 4.69) is 4.98 Å². The lowest BCUT2D eigenvalue weighted by atomic mass is 9.85. The van der Waals surface area contributed by atoms with Gasteiger partial charge in [0.1, 0.15) is 5.82 Å². The minimum Gasteiger partial charge on any atom is -0.296 e. The van der Waals surface area contributed by atoms with E-state index in [1.165, 1.54) is 28.8 Å². The minimum atomic E-state index is -3.07. The van der Waals surface area contributed by atoms with E-state index in [4.69, 9.17) is 19.2 Å². The molecule has 0 spiro atoms. The molecular weight excluding hydrogens is 593 g/mol. The summed E-state index contributed by atoms with van der Waals surface area (Å²) in [5.74, 6) is -0.329. The Balaban J connectivity index is 1.32. The third-order valence-electron chi connectivity index (χ3n) is 8.60. The minimum absolute atomic E-state index is 0.0412. The van der Waals surface area contributed by atoms with E-state index >= 15 is 0 Å². The van der Waals surface area contributed by atoms with Crippen LogP contribution in [-0.4, -0.2) is 9.55 Å². The molecule has 0 aliphatic carbocycles. The van der Waals surface area contributed by atoms with Crippen LogP contribution in [0.3, 0.4) is 0 Å². The molecule has 2 nitrogen and oxygen atoms in total. The predicted molar refractivity (Wildman–Crippen MR) is 207 cm³/mol. The zero-order valence-corrected chi connectivity index (χ0v) is 25.6. The Morgan fingerprint density at radius 3 is 1.80 bits per heavy atom. The maximum absolute atomic E-state index is 9.37. The fourth-order valence-electron chi connectivity index (χ4n) is 6.45. The third-order valence-corrected chi connectivity index (χ3v) is 8.60. The van der Waals surface area contributed by atoms with Crippen LogP contribution in [-0.2, 0) is 6.37 Å². The van der Waals surface area contributed by atoms with Gasteiger partial charge >= 0.3 is 0 Å². The molecule has 2 heteroatoms. The van der Waals surface area contributed by atoms with Crippen LogP contribution in [0, 0.1) is 0 Å². The SMILES string of the molecule is [2H]c1c([2H])c([2H])c(-c2ccc(-c3c4c([2H])c([2H])c([2H])c([2H])c4c(-c4cccc(-c5cccc(-n6c(C([2H])([2H])C([2H])([2H])[2H])nc7ccccc76)c5)c4)c4c([2H])c([2H])c([2H])c([2H])c34)cc2)c([2H])c1[2H]. The van der Waals surface area contributed by atoms with Gasteiger partial charge in [-0.15, -0.1) is 0 Å². The Hall–Kier alpha value is -6.25. The van der Waals surface area contributed by atoms with Gasteiger partial charge in [-0.25, -0.2) is 4.98 Å². The van der Waals surface area contributed by atoms with Gasteiger partial charge in [-0.3, -0.25) is 4.57 Å². The second kappa shape index (κ2) is 12.1. The molecule has 0 amide bonds. The van der Waals surface area contributed by atoms with Crippen molar-refractivity contribution in [2.75, 3.05) is 0 Å². The number of rotatable bonds is 6. The van der Waals surface area contributed by atoms with Gasteiger partial charge in [-0.2, -0.15) is 0 Å². The molecule has 0 aliphatic heterocycles. The van der Waals surface area contributed by atoms with E-state index in [0.717, 1.165) is 0 Å². The topological polar surface area (TPSA) is 17.8 Å². The zero-order valence-electron chi connectivity index (χ0n) is 43.6. The maximum Gasteiger partial charge on any atom is 0.114 e.